The maximum Gasteiger partial charge on any atom is 0.122 e. The van der Waals surface area contributed by atoms with E-state index in [0.29, 0.717) is 5.92 Å². The number of hydrogen-bond acceptors (Lipinski definition) is 2. The lowest BCUT2D eigenvalue weighted by Gasteiger charge is -2.37. The van der Waals surface area contributed by atoms with Crippen LogP contribution < -0.4 is 10.1 Å². The van der Waals surface area contributed by atoms with Gasteiger partial charge in [-0.25, -0.2) is 0 Å². The SMILES string of the molecule is Cl.c1ccc2c(c1)OC[C@@H]1CNCC[C@H]21. The Labute approximate surface area is 96.4 Å². The van der Waals surface area contributed by atoms with Gasteiger partial charge in [0.15, 0.2) is 0 Å². The summed E-state index contributed by atoms with van der Waals surface area (Å²) < 4.78 is 5.75. The van der Waals surface area contributed by atoms with Crippen LogP contribution in [0.25, 0.3) is 0 Å². The summed E-state index contributed by atoms with van der Waals surface area (Å²) in [6.45, 7) is 3.14. The zero-order chi connectivity index (χ0) is 9.38. The predicted molar refractivity (Wildman–Crippen MR) is 62.9 cm³/mol. The molecule has 0 spiro atoms. The van der Waals surface area contributed by atoms with Gasteiger partial charge in [-0.05, 0) is 30.5 Å². The van der Waals surface area contributed by atoms with Crippen LogP contribution in [-0.4, -0.2) is 19.7 Å². The molecule has 15 heavy (non-hydrogen) atoms. The molecule has 3 rings (SSSR count). The number of para-hydroxylation sites is 1. The van der Waals surface area contributed by atoms with E-state index in [1.807, 2.05) is 0 Å². The molecule has 0 radical (unpaired) electrons. The highest BCUT2D eigenvalue weighted by molar-refractivity contribution is 5.85. The molecule has 0 saturated carbocycles. The van der Waals surface area contributed by atoms with Gasteiger partial charge in [0.05, 0.1) is 6.61 Å². The summed E-state index contributed by atoms with van der Waals surface area (Å²) in [5.41, 5.74) is 1.42. The molecule has 0 bridgehead atoms. The molecular weight excluding hydrogens is 210 g/mol. The van der Waals surface area contributed by atoms with Gasteiger partial charge >= 0.3 is 0 Å². The fourth-order valence-electron chi connectivity index (χ4n) is 2.62. The van der Waals surface area contributed by atoms with Gasteiger partial charge in [-0.2, -0.15) is 0 Å². The largest absolute Gasteiger partial charge is 0.493 e. The lowest BCUT2D eigenvalue weighted by atomic mass is 9.80. The summed E-state index contributed by atoms with van der Waals surface area (Å²) in [5, 5.41) is 3.43. The highest BCUT2D eigenvalue weighted by Gasteiger charge is 2.32. The molecule has 2 aliphatic heterocycles. The van der Waals surface area contributed by atoms with Crippen molar-refractivity contribution in [3.63, 3.8) is 0 Å². The molecule has 1 fully saturated rings. The number of hydrogen-bond donors (Lipinski definition) is 1. The average molecular weight is 226 g/mol. The first-order chi connectivity index (χ1) is 6.95. The van der Waals surface area contributed by atoms with Crippen molar-refractivity contribution >= 4 is 12.4 Å². The fourth-order valence-corrected chi connectivity index (χ4v) is 2.62. The Morgan fingerprint density at radius 3 is 3.07 bits per heavy atom. The van der Waals surface area contributed by atoms with Crippen LogP contribution in [0.4, 0.5) is 0 Å². The van der Waals surface area contributed by atoms with Crippen LogP contribution in [0.2, 0.25) is 0 Å². The first-order valence-corrected chi connectivity index (χ1v) is 5.37. The maximum absolute atomic E-state index is 5.75. The topological polar surface area (TPSA) is 21.3 Å². The third-order valence-electron chi connectivity index (χ3n) is 3.38. The van der Waals surface area contributed by atoms with Crippen molar-refractivity contribution in [2.24, 2.45) is 5.92 Å². The van der Waals surface area contributed by atoms with Crippen molar-refractivity contribution in [3.8, 4) is 5.75 Å². The van der Waals surface area contributed by atoms with E-state index in [1.165, 1.54) is 12.0 Å². The maximum atomic E-state index is 5.75. The molecule has 82 valence electrons. The van der Waals surface area contributed by atoms with E-state index in [9.17, 15) is 0 Å². The average Bonchev–Trinajstić information content (AvgIpc) is 2.29. The lowest BCUT2D eigenvalue weighted by molar-refractivity contribution is 0.167. The normalized spacial score (nSPS) is 28.0. The van der Waals surface area contributed by atoms with E-state index in [2.05, 4.69) is 29.6 Å². The van der Waals surface area contributed by atoms with Crippen LogP contribution in [-0.2, 0) is 0 Å². The third kappa shape index (κ3) is 1.84. The number of piperidine rings is 1. The summed E-state index contributed by atoms with van der Waals surface area (Å²) in [6, 6.07) is 8.48. The highest BCUT2D eigenvalue weighted by atomic mass is 35.5. The number of rotatable bonds is 0. The number of fused-ring (bicyclic) bond motifs is 3. The lowest BCUT2D eigenvalue weighted by Crippen LogP contribution is -2.40. The van der Waals surface area contributed by atoms with Gasteiger partial charge in [0.25, 0.3) is 0 Å². The fraction of sp³-hybridized carbons (Fsp3) is 0.500. The molecule has 2 nitrogen and oxygen atoms in total. The number of halogens is 1. The molecule has 1 aromatic carbocycles. The molecule has 1 N–H and O–H groups in total. The number of nitrogens with one attached hydrogen (secondary N) is 1. The van der Waals surface area contributed by atoms with Crippen LogP contribution in [0.1, 0.15) is 17.9 Å². The van der Waals surface area contributed by atoms with Crippen LogP contribution in [0.3, 0.4) is 0 Å². The Bertz CT molecular complexity index is 342. The first kappa shape index (κ1) is 10.8. The van der Waals surface area contributed by atoms with Crippen LogP contribution in [0.15, 0.2) is 24.3 Å². The van der Waals surface area contributed by atoms with E-state index in [-0.39, 0.29) is 12.4 Å². The highest BCUT2D eigenvalue weighted by Crippen LogP contribution is 2.39. The summed E-state index contributed by atoms with van der Waals surface area (Å²) in [4.78, 5) is 0. The molecule has 0 aliphatic carbocycles. The molecule has 2 heterocycles. The summed E-state index contributed by atoms with van der Waals surface area (Å²) in [6.07, 6.45) is 1.25. The zero-order valence-electron chi connectivity index (χ0n) is 8.61. The minimum Gasteiger partial charge on any atom is -0.493 e. The van der Waals surface area contributed by atoms with Crippen molar-refractivity contribution in [2.45, 2.75) is 12.3 Å². The van der Waals surface area contributed by atoms with Crippen molar-refractivity contribution < 1.29 is 4.74 Å². The van der Waals surface area contributed by atoms with E-state index >= 15 is 0 Å². The quantitative estimate of drug-likeness (QED) is 0.731. The van der Waals surface area contributed by atoms with Crippen molar-refractivity contribution in [1.29, 1.82) is 0 Å². The van der Waals surface area contributed by atoms with E-state index in [4.69, 9.17) is 4.74 Å². The van der Waals surface area contributed by atoms with Gasteiger partial charge in [0, 0.05) is 12.5 Å². The van der Waals surface area contributed by atoms with Gasteiger partial charge in [0.2, 0.25) is 0 Å². The Kier molecular flexibility index (Phi) is 3.17. The van der Waals surface area contributed by atoms with Crippen LogP contribution in [0.5, 0.6) is 5.75 Å². The first-order valence-electron chi connectivity index (χ1n) is 5.37. The summed E-state index contributed by atoms with van der Waals surface area (Å²) in [7, 11) is 0. The molecule has 2 atom stereocenters. The van der Waals surface area contributed by atoms with Crippen LogP contribution in [0, 0.1) is 5.92 Å². The molecule has 0 aromatic heterocycles. The second-order valence-corrected chi connectivity index (χ2v) is 4.21. The van der Waals surface area contributed by atoms with E-state index in [0.717, 1.165) is 31.4 Å². The van der Waals surface area contributed by atoms with Crippen molar-refractivity contribution in [2.75, 3.05) is 19.7 Å². The molecule has 1 saturated heterocycles. The second-order valence-electron chi connectivity index (χ2n) is 4.21. The van der Waals surface area contributed by atoms with Gasteiger partial charge in [-0.3, -0.25) is 0 Å². The Morgan fingerprint density at radius 2 is 2.13 bits per heavy atom. The third-order valence-corrected chi connectivity index (χ3v) is 3.38. The Balaban J connectivity index is 0.000000853. The van der Waals surface area contributed by atoms with Gasteiger partial charge in [0.1, 0.15) is 5.75 Å². The Hall–Kier alpha value is -0.730. The number of ether oxygens (including phenoxy) is 1. The monoisotopic (exact) mass is 225 g/mol. The number of benzene rings is 1. The van der Waals surface area contributed by atoms with Gasteiger partial charge in [-0.15, -0.1) is 12.4 Å². The van der Waals surface area contributed by atoms with Crippen LogP contribution >= 0.6 is 12.4 Å². The standard InChI is InChI=1S/C12H15NO.ClH/c1-2-4-12-11(3-1)10-5-6-13-7-9(10)8-14-12;/h1-4,9-10,13H,5-8H2;1H/t9-,10-;/m0./s1. The zero-order valence-corrected chi connectivity index (χ0v) is 9.43. The van der Waals surface area contributed by atoms with E-state index < -0.39 is 0 Å². The molecule has 3 heteroatoms. The predicted octanol–water partition coefficient (Wildman–Crippen LogP) is 2.19. The molecule has 1 aromatic rings. The van der Waals surface area contributed by atoms with Crippen molar-refractivity contribution in [3.05, 3.63) is 29.8 Å². The molecule has 2 aliphatic rings. The van der Waals surface area contributed by atoms with Crippen molar-refractivity contribution in [1.82, 2.24) is 5.32 Å². The molecule has 0 amide bonds. The minimum absolute atomic E-state index is 0. The summed E-state index contributed by atoms with van der Waals surface area (Å²) >= 11 is 0. The molecular formula is C12H16ClNO. The molecule has 0 unspecified atom stereocenters. The van der Waals surface area contributed by atoms with Gasteiger partial charge < -0.3 is 10.1 Å². The smallest absolute Gasteiger partial charge is 0.122 e. The van der Waals surface area contributed by atoms with E-state index in [1.54, 1.807) is 0 Å². The van der Waals surface area contributed by atoms with Gasteiger partial charge in [-0.1, -0.05) is 18.2 Å². The minimum atomic E-state index is 0. The Morgan fingerprint density at radius 1 is 1.27 bits per heavy atom. The second kappa shape index (κ2) is 4.42. The summed E-state index contributed by atoms with van der Waals surface area (Å²) in [5.74, 6) is 2.51.